The van der Waals surface area contributed by atoms with E-state index in [2.05, 4.69) is 0 Å². The van der Waals surface area contributed by atoms with Crippen LogP contribution in [0.1, 0.15) is 35.2 Å². The first kappa shape index (κ1) is 21.3. The first-order valence-corrected chi connectivity index (χ1v) is 11.2. The number of halogens is 1. The van der Waals surface area contributed by atoms with Crippen LogP contribution in [0, 0.1) is 0 Å². The number of Topliss-reactive ketones (excluding diaryl/α,β-unsaturated/α-hetero) is 1. The van der Waals surface area contributed by atoms with Crippen LogP contribution in [0.25, 0.3) is 5.76 Å². The maximum Gasteiger partial charge on any atom is 0.295 e. The fraction of sp³-hybridized carbons (Fsp3) is 0.185. The molecule has 3 aromatic rings. The first-order chi connectivity index (χ1) is 15.9. The van der Waals surface area contributed by atoms with E-state index in [1.165, 1.54) is 4.90 Å². The predicted molar refractivity (Wildman–Crippen MR) is 126 cm³/mol. The molecule has 2 heterocycles. The van der Waals surface area contributed by atoms with Crippen LogP contribution in [0.4, 0.5) is 0 Å². The second kappa shape index (κ2) is 8.41. The van der Waals surface area contributed by atoms with Gasteiger partial charge in [-0.3, -0.25) is 9.59 Å². The second-order valence-corrected chi connectivity index (χ2v) is 8.86. The minimum Gasteiger partial charge on any atom is -0.507 e. The third-order valence-electron chi connectivity index (χ3n) is 6.09. The molecule has 1 amide bonds. The SMILES string of the molecule is CC1Cc2cc(/C(O)=C3/C(=O)C(=O)N(Cc4ccccc4)C3c3ccc(Cl)cc3)ccc2O1. The zero-order valence-corrected chi connectivity index (χ0v) is 18.8. The van der Waals surface area contributed by atoms with E-state index in [0.717, 1.165) is 23.3 Å². The standard InChI is InChI=1S/C27H22ClNO4/c1-16-13-20-14-19(9-12-22(20)33-16)25(30)23-24(18-7-10-21(28)11-8-18)29(27(32)26(23)31)15-17-5-3-2-4-6-17/h2-12,14,16,24,30H,13,15H2,1H3/b25-23-. The number of aliphatic hydroxyl groups excluding tert-OH is 1. The topological polar surface area (TPSA) is 66.8 Å². The molecule has 5 rings (SSSR count). The quantitative estimate of drug-likeness (QED) is 0.327. The molecule has 0 radical (unpaired) electrons. The summed E-state index contributed by atoms with van der Waals surface area (Å²) < 4.78 is 5.75. The van der Waals surface area contributed by atoms with Gasteiger partial charge in [0, 0.05) is 23.6 Å². The maximum absolute atomic E-state index is 13.2. The lowest BCUT2D eigenvalue weighted by Gasteiger charge is -2.25. The van der Waals surface area contributed by atoms with Gasteiger partial charge in [-0.2, -0.15) is 0 Å². The molecule has 0 spiro atoms. The lowest BCUT2D eigenvalue weighted by Crippen LogP contribution is -2.29. The molecule has 2 aliphatic heterocycles. The average molecular weight is 460 g/mol. The maximum atomic E-state index is 13.2. The van der Waals surface area contributed by atoms with Crippen molar-refractivity contribution in [3.8, 4) is 5.75 Å². The van der Waals surface area contributed by atoms with Crippen molar-refractivity contribution in [1.82, 2.24) is 4.90 Å². The van der Waals surface area contributed by atoms with Crippen LogP contribution in [0.3, 0.4) is 0 Å². The van der Waals surface area contributed by atoms with E-state index in [9.17, 15) is 14.7 Å². The van der Waals surface area contributed by atoms with Crippen LogP contribution in [0.2, 0.25) is 5.02 Å². The van der Waals surface area contributed by atoms with Crippen molar-refractivity contribution >= 4 is 29.1 Å². The van der Waals surface area contributed by atoms with E-state index >= 15 is 0 Å². The monoisotopic (exact) mass is 459 g/mol. The molecule has 166 valence electrons. The van der Waals surface area contributed by atoms with Crippen LogP contribution < -0.4 is 4.74 Å². The Bertz CT molecular complexity index is 1270. The molecule has 2 unspecified atom stereocenters. The largest absolute Gasteiger partial charge is 0.507 e. The first-order valence-electron chi connectivity index (χ1n) is 10.8. The van der Waals surface area contributed by atoms with Gasteiger partial charge in [0.1, 0.15) is 17.6 Å². The van der Waals surface area contributed by atoms with Crippen molar-refractivity contribution in [1.29, 1.82) is 0 Å². The zero-order chi connectivity index (χ0) is 23.1. The van der Waals surface area contributed by atoms with Gasteiger partial charge in [0.2, 0.25) is 0 Å². The van der Waals surface area contributed by atoms with E-state index in [-0.39, 0.29) is 24.0 Å². The Labute approximate surface area is 196 Å². The van der Waals surface area contributed by atoms with E-state index < -0.39 is 17.7 Å². The van der Waals surface area contributed by atoms with Gasteiger partial charge in [-0.25, -0.2) is 0 Å². The van der Waals surface area contributed by atoms with Crippen molar-refractivity contribution in [3.63, 3.8) is 0 Å². The van der Waals surface area contributed by atoms with Gasteiger partial charge in [0.25, 0.3) is 11.7 Å². The number of amides is 1. The highest BCUT2D eigenvalue weighted by molar-refractivity contribution is 6.46. The summed E-state index contributed by atoms with van der Waals surface area (Å²) in [5.74, 6) is -0.754. The summed E-state index contributed by atoms with van der Waals surface area (Å²) in [5.41, 5.74) is 3.12. The third kappa shape index (κ3) is 3.89. The number of benzene rings is 3. The van der Waals surface area contributed by atoms with Crippen LogP contribution in [0.15, 0.2) is 78.4 Å². The normalized spacial score (nSPS) is 21.2. The fourth-order valence-corrected chi connectivity index (χ4v) is 4.67. The highest BCUT2D eigenvalue weighted by Crippen LogP contribution is 2.41. The number of carbonyl (C=O) groups excluding carboxylic acids is 2. The Hall–Kier alpha value is -3.57. The van der Waals surface area contributed by atoms with Gasteiger partial charge in [-0.1, -0.05) is 54.1 Å². The van der Waals surface area contributed by atoms with Gasteiger partial charge in [0.15, 0.2) is 0 Å². The molecule has 0 saturated carbocycles. The number of aliphatic hydroxyl groups is 1. The molecule has 1 fully saturated rings. The highest BCUT2D eigenvalue weighted by atomic mass is 35.5. The van der Waals surface area contributed by atoms with Crippen molar-refractivity contribution in [3.05, 3.63) is 106 Å². The third-order valence-corrected chi connectivity index (χ3v) is 6.34. The van der Waals surface area contributed by atoms with Crippen LogP contribution in [-0.4, -0.2) is 27.8 Å². The molecule has 0 aliphatic carbocycles. The van der Waals surface area contributed by atoms with Crippen molar-refractivity contribution in [2.24, 2.45) is 0 Å². The number of ether oxygens (including phenoxy) is 1. The summed E-state index contributed by atoms with van der Waals surface area (Å²) in [7, 11) is 0. The molecule has 2 aliphatic rings. The fourth-order valence-electron chi connectivity index (χ4n) is 4.54. The minimum absolute atomic E-state index is 0.0583. The molecule has 5 nitrogen and oxygen atoms in total. The summed E-state index contributed by atoms with van der Waals surface area (Å²) in [4.78, 5) is 27.8. The van der Waals surface area contributed by atoms with Crippen molar-refractivity contribution < 1.29 is 19.4 Å². The number of hydrogen-bond acceptors (Lipinski definition) is 4. The Morgan fingerprint density at radius 2 is 1.79 bits per heavy atom. The van der Waals surface area contributed by atoms with E-state index in [4.69, 9.17) is 16.3 Å². The van der Waals surface area contributed by atoms with E-state index in [1.807, 2.05) is 43.3 Å². The van der Waals surface area contributed by atoms with Gasteiger partial charge in [-0.15, -0.1) is 0 Å². The lowest BCUT2D eigenvalue weighted by molar-refractivity contribution is -0.140. The molecule has 0 bridgehead atoms. The number of fused-ring (bicyclic) bond motifs is 1. The number of nitrogens with zero attached hydrogens (tertiary/aromatic N) is 1. The summed E-state index contributed by atoms with van der Waals surface area (Å²) in [6, 6.07) is 21.1. The molecule has 1 saturated heterocycles. The molecule has 1 N–H and O–H groups in total. The second-order valence-electron chi connectivity index (χ2n) is 8.42. The van der Waals surface area contributed by atoms with Crippen LogP contribution in [0.5, 0.6) is 5.75 Å². The van der Waals surface area contributed by atoms with Gasteiger partial charge in [0.05, 0.1) is 11.6 Å². The van der Waals surface area contributed by atoms with Gasteiger partial charge < -0.3 is 14.7 Å². The van der Waals surface area contributed by atoms with Crippen molar-refractivity contribution in [2.75, 3.05) is 0 Å². The summed E-state index contributed by atoms with van der Waals surface area (Å²) in [5, 5.41) is 11.8. The Morgan fingerprint density at radius 1 is 1.06 bits per heavy atom. The minimum atomic E-state index is -0.731. The van der Waals surface area contributed by atoms with Crippen LogP contribution in [-0.2, 0) is 22.6 Å². The molecular formula is C27H22ClNO4. The van der Waals surface area contributed by atoms with Gasteiger partial charge >= 0.3 is 0 Å². The van der Waals surface area contributed by atoms with E-state index in [0.29, 0.717) is 16.1 Å². The predicted octanol–water partition coefficient (Wildman–Crippen LogP) is 5.29. The number of likely N-dealkylation sites (tertiary alicyclic amines) is 1. The molecule has 3 aromatic carbocycles. The number of hydrogen-bond donors (Lipinski definition) is 1. The zero-order valence-electron chi connectivity index (χ0n) is 18.0. The lowest BCUT2D eigenvalue weighted by atomic mass is 9.94. The highest BCUT2D eigenvalue weighted by Gasteiger charge is 2.46. The number of rotatable bonds is 4. The number of carbonyl (C=O) groups is 2. The summed E-state index contributed by atoms with van der Waals surface area (Å²) >= 11 is 6.08. The molecular weight excluding hydrogens is 438 g/mol. The number of ketones is 1. The van der Waals surface area contributed by atoms with Crippen LogP contribution >= 0.6 is 11.6 Å². The Balaban J connectivity index is 1.62. The molecule has 2 atom stereocenters. The summed E-state index contributed by atoms with van der Waals surface area (Å²) in [6.07, 6.45) is 0.780. The average Bonchev–Trinajstić information content (AvgIpc) is 3.31. The van der Waals surface area contributed by atoms with Crippen molar-refractivity contribution in [2.45, 2.75) is 32.0 Å². The smallest absolute Gasteiger partial charge is 0.295 e. The van der Waals surface area contributed by atoms with Gasteiger partial charge in [-0.05, 0) is 53.9 Å². The Morgan fingerprint density at radius 3 is 2.52 bits per heavy atom. The molecule has 33 heavy (non-hydrogen) atoms. The summed E-state index contributed by atoms with van der Waals surface area (Å²) in [6.45, 7) is 2.22. The Kier molecular flexibility index (Phi) is 5.43. The molecule has 6 heteroatoms. The molecule has 0 aromatic heterocycles. The van der Waals surface area contributed by atoms with E-state index in [1.54, 1.807) is 36.4 Å².